The largest absolute Gasteiger partial charge is 0.309 e. The Hall–Kier alpha value is -1.93. The summed E-state index contributed by atoms with van der Waals surface area (Å²) in [6.45, 7) is 2.17. The molecule has 0 fully saturated rings. The first kappa shape index (κ1) is 11.1. The van der Waals surface area contributed by atoms with Gasteiger partial charge in [-0.3, -0.25) is 10.1 Å². The predicted molar refractivity (Wildman–Crippen MR) is 56.4 cm³/mol. The first-order valence-electron chi connectivity index (χ1n) is 4.40. The van der Waals surface area contributed by atoms with Gasteiger partial charge < -0.3 is 5.32 Å². The average molecular weight is 205 g/mol. The number of nitro groups is 1. The van der Waals surface area contributed by atoms with Gasteiger partial charge in [-0.05, 0) is 26.0 Å². The van der Waals surface area contributed by atoms with Gasteiger partial charge in [0.15, 0.2) is 0 Å². The standard InChI is InChI=1S/C10H11N3O2/c1-8-10(13(14)15)6-5-9(12-8)4-3-7-11-2/h5-6,11H,7H2,1-2H3. The SMILES string of the molecule is CNCC#Cc1ccc([N+](=O)[O-])c(C)n1. The first-order valence-corrected chi connectivity index (χ1v) is 4.40. The highest BCUT2D eigenvalue weighted by Gasteiger charge is 2.10. The van der Waals surface area contributed by atoms with Gasteiger partial charge in [0.25, 0.3) is 5.69 Å². The number of aromatic nitrogens is 1. The fraction of sp³-hybridized carbons (Fsp3) is 0.300. The van der Waals surface area contributed by atoms with E-state index in [-0.39, 0.29) is 5.69 Å². The molecular formula is C10H11N3O2. The van der Waals surface area contributed by atoms with E-state index in [1.165, 1.54) is 6.07 Å². The summed E-state index contributed by atoms with van der Waals surface area (Å²) in [6.07, 6.45) is 0. The summed E-state index contributed by atoms with van der Waals surface area (Å²) in [6, 6.07) is 2.97. The van der Waals surface area contributed by atoms with Gasteiger partial charge in [0.05, 0.1) is 11.5 Å². The van der Waals surface area contributed by atoms with E-state index in [1.54, 1.807) is 20.0 Å². The van der Waals surface area contributed by atoms with Crippen LogP contribution in [0.3, 0.4) is 0 Å². The maximum Gasteiger partial charge on any atom is 0.290 e. The maximum atomic E-state index is 10.5. The fourth-order valence-electron chi connectivity index (χ4n) is 1.04. The van der Waals surface area contributed by atoms with Gasteiger partial charge in [0.1, 0.15) is 11.4 Å². The van der Waals surface area contributed by atoms with Crippen molar-refractivity contribution in [3.8, 4) is 11.8 Å². The third-order valence-corrected chi connectivity index (χ3v) is 1.74. The molecule has 0 aliphatic rings. The summed E-state index contributed by atoms with van der Waals surface area (Å²) in [4.78, 5) is 14.1. The van der Waals surface area contributed by atoms with Crippen LogP contribution >= 0.6 is 0 Å². The van der Waals surface area contributed by atoms with Crippen molar-refractivity contribution >= 4 is 5.69 Å². The second kappa shape index (κ2) is 5.08. The normalized spacial score (nSPS) is 9.20. The zero-order chi connectivity index (χ0) is 11.3. The minimum Gasteiger partial charge on any atom is -0.309 e. The average Bonchev–Trinajstić information content (AvgIpc) is 2.17. The minimum atomic E-state index is -0.451. The molecule has 0 saturated heterocycles. The molecule has 5 nitrogen and oxygen atoms in total. The molecule has 0 aromatic carbocycles. The molecule has 15 heavy (non-hydrogen) atoms. The van der Waals surface area contributed by atoms with Gasteiger partial charge in [-0.2, -0.15) is 0 Å². The monoisotopic (exact) mass is 205 g/mol. The van der Waals surface area contributed by atoms with Gasteiger partial charge in [-0.25, -0.2) is 4.98 Å². The molecule has 0 bridgehead atoms. The third kappa shape index (κ3) is 3.04. The molecule has 5 heteroatoms. The molecule has 0 atom stereocenters. The number of hydrogen-bond acceptors (Lipinski definition) is 4. The number of nitrogens with zero attached hydrogens (tertiary/aromatic N) is 2. The van der Waals surface area contributed by atoms with Crippen LogP contribution in [0.1, 0.15) is 11.4 Å². The lowest BCUT2D eigenvalue weighted by atomic mass is 10.2. The Balaban J connectivity index is 2.93. The molecule has 0 spiro atoms. The van der Waals surface area contributed by atoms with Crippen molar-refractivity contribution < 1.29 is 4.92 Å². The zero-order valence-corrected chi connectivity index (χ0v) is 8.57. The fourth-order valence-corrected chi connectivity index (χ4v) is 1.04. The number of aryl methyl sites for hydroxylation is 1. The molecule has 0 radical (unpaired) electrons. The molecule has 1 aromatic rings. The highest BCUT2D eigenvalue weighted by molar-refractivity contribution is 5.39. The molecule has 78 valence electrons. The van der Waals surface area contributed by atoms with Crippen molar-refractivity contribution in [1.82, 2.24) is 10.3 Å². The molecule has 0 unspecified atom stereocenters. The van der Waals surface area contributed by atoms with Crippen LogP contribution in [0.5, 0.6) is 0 Å². The van der Waals surface area contributed by atoms with Crippen molar-refractivity contribution in [2.75, 3.05) is 13.6 Å². The van der Waals surface area contributed by atoms with Crippen LogP contribution in [0, 0.1) is 28.9 Å². The van der Waals surface area contributed by atoms with Gasteiger partial charge in [0, 0.05) is 6.07 Å². The molecule has 1 heterocycles. The van der Waals surface area contributed by atoms with Crippen molar-refractivity contribution in [3.63, 3.8) is 0 Å². The van der Waals surface area contributed by atoms with Crippen molar-refractivity contribution in [3.05, 3.63) is 33.6 Å². The lowest BCUT2D eigenvalue weighted by Gasteiger charge is -1.96. The summed E-state index contributed by atoms with van der Waals surface area (Å²) >= 11 is 0. The Kier molecular flexibility index (Phi) is 3.77. The van der Waals surface area contributed by atoms with E-state index < -0.39 is 4.92 Å². The molecule has 0 amide bonds. The number of pyridine rings is 1. The zero-order valence-electron chi connectivity index (χ0n) is 8.57. The smallest absolute Gasteiger partial charge is 0.290 e. The highest BCUT2D eigenvalue weighted by Crippen LogP contribution is 2.14. The summed E-state index contributed by atoms with van der Waals surface area (Å²) in [5.74, 6) is 5.64. The van der Waals surface area contributed by atoms with Crippen molar-refractivity contribution in [2.45, 2.75) is 6.92 Å². The van der Waals surface area contributed by atoms with Crippen LogP contribution in [-0.4, -0.2) is 23.5 Å². The van der Waals surface area contributed by atoms with Crippen LogP contribution in [0.2, 0.25) is 0 Å². The molecule has 1 aromatic heterocycles. The second-order valence-electron chi connectivity index (χ2n) is 2.89. The van der Waals surface area contributed by atoms with Crippen LogP contribution in [-0.2, 0) is 0 Å². The molecule has 1 N–H and O–H groups in total. The Bertz CT molecular complexity index is 432. The van der Waals surface area contributed by atoms with E-state index in [9.17, 15) is 10.1 Å². The quantitative estimate of drug-likeness (QED) is 0.442. The first-order chi connectivity index (χ1) is 7.15. The van der Waals surface area contributed by atoms with E-state index >= 15 is 0 Å². The van der Waals surface area contributed by atoms with Crippen LogP contribution in [0.25, 0.3) is 0 Å². The lowest BCUT2D eigenvalue weighted by molar-refractivity contribution is -0.385. The molecule has 0 aliphatic heterocycles. The van der Waals surface area contributed by atoms with E-state index in [1.807, 2.05) is 0 Å². The van der Waals surface area contributed by atoms with Crippen LogP contribution in [0.15, 0.2) is 12.1 Å². The van der Waals surface area contributed by atoms with Crippen LogP contribution < -0.4 is 5.32 Å². The Morgan fingerprint density at radius 3 is 2.87 bits per heavy atom. The number of nitrogens with one attached hydrogen (secondary N) is 1. The van der Waals surface area contributed by atoms with E-state index in [4.69, 9.17) is 0 Å². The topological polar surface area (TPSA) is 68.1 Å². The van der Waals surface area contributed by atoms with E-state index in [0.717, 1.165) is 0 Å². The predicted octanol–water partition coefficient (Wildman–Crippen LogP) is 0.869. The Labute approximate surface area is 87.7 Å². The number of hydrogen-bond donors (Lipinski definition) is 1. The highest BCUT2D eigenvalue weighted by atomic mass is 16.6. The minimum absolute atomic E-state index is 0.0224. The van der Waals surface area contributed by atoms with Gasteiger partial charge in [0.2, 0.25) is 0 Å². The van der Waals surface area contributed by atoms with Gasteiger partial charge >= 0.3 is 0 Å². The number of rotatable bonds is 2. The van der Waals surface area contributed by atoms with Gasteiger partial charge in [-0.15, -0.1) is 0 Å². The molecular weight excluding hydrogens is 194 g/mol. The lowest BCUT2D eigenvalue weighted by Crippen LogP contribution is -2.04. The third-order valence-electron chi connectivity index (χ3n) is 1.74. The summed E-state index contributed by atoms with van der Waals surface area (Å²) in [5.41, 5.74) is 0.957. The van der Waals surface area contributed by atoms with Gasteiger partial charge in [-0.1, -0.05) is 5.92 Å². The van der Waals surface area contributed by atoms with E-state index in [2.05, 4.69) is 22.1 Å². The molecule has 1 rings (SSSR count). The van der Waals surface area contributed by atoms with Crippen molar-refractivity contribution in [1.29, 1.82) is 0 Å². The summed E-state index contributed by atoms with van der Waals surface area (Å²) < 4.78 is 0. The Morgan fingerprint density at radius 2 is 2.33 bits per heavy atom. The second-order valence-corrected chi connectivity index (χ2v) is 2.89. The molecule has 0 aliphatic carbocycles. The Morgan fingerprint density at radius 1 is 1.60 bits per heavy atom. The summed E-state index contributed by atoms with van der Waals surface area (Å²) in [5, 5.41) is 13.4. The van der Waals surface area contributed by atoms with E-state index in [0.29, 0.717) is 17.9 Å². The molecule has 0 saturated carbocycles. The van der Waals surface area contributed by atoms with Crippen LogP contribution in [0.4, 0.5) is 5.69 Å². The maximum absolute atomic E-state index is 10.5. The summed E-state index contributed by atoms with van der Waals surface area (Å²) in [7, 11) is 1.79. The van der Waals surface area contributed by atoms with Crippen molar-refractivity contribution in [2.24, 2.45) is 0 Å².